The number of hydrogen-bond acceptors (Lipinski definition) is 3. The summed E-state index contributed by atoms with van der Waals surface area (Å²) in [5, 5.41) is 8.06. The van der Waals surface area contributed by atoms with Gasteiger partial charge in [0.1, 0.15) is 0 Å². The van der Waals surface area contributed by atoms with Gasteiger partial charge in [0.2, 0.25) is 0 Å². The van der Waals surface area contributed by atoms with Crippen molar-refractivity contribution >= 4 is 21.9 Å². The fourth-order valence-corrected chi connectivity index (χ4v) is 2.45. The van der Waals surface area contributed by atoms with Crippen molar-refractivity contribution < 1.29 is 0 Å². The van der Waals surface area contributed by atoms with Crippen LogP contribution in [0.3, 0.4) is 0 Å². The average molecular weight is 260 g/mol. The lowest BCUT2D eigenvalue weighted by atomic mass is 10.1. The Labute approximate surface area is 115 Å². The van der Waals surface area contributed by atoms with Gasteiger partial charge in [-0.1, -0.05) is 30.3 Å². The Hall–Kier alpha value is -2.75. The molecule has 4 aromatic rings. The number of aryl methyl sites for hydroxylation is 1. The number of fused-ring (bicyclic) bond motifs is 2. The lowest BCUT2D eigenvalue weighted by Gasteiger charge is -2.06. The molecule has 0 aliphatic heterocycles. The normalized spacial score (nSPS) is 11.2. The first-order valence-corrected chi connectivity index (χ1v) is 6.48. The van der Waals surface area contributed by atoms with E-state index in [-0.39, 0.29) is 0 Å². The van der Waals surface area contributed by atoms with E-state index >= 15 is 0 Å². The molecule has 0 saturated carbocycles. The van der Waals surface area contributed by atoms with Gasteiger partial charge in [-0.3, -0.25) is 5.10 Å². The van der Waals surface area contributed by atoms with E-state index < -0.39 is 0 Å². The Morgan fingerprint density at radius 2 is 1.75 bits per heavy atom. The van der Waals surface area contributed by atoms with E-state index in [2.05, 4.69) is 27.3 Å². The molecule has 2 heterocycles. The number of nitrogens with zero attached hydrogens (tertiary/aromatic N) is 3. The van der Waals surface area contributed by atoms with Crippen LogP contribution in [0.1, 0.15) is 5.69 Å². The third-order valence-corrected chi connectivity index (χ3v) is 3.45. The van der Waals surface area contributed by atoms with E-state index in [1.807, 2.05) is 37.3 Å². The molecule has 2 aromatic carbocycles. The van der Waals surface area contributed by atoms with Crippen molar-refractivity contribution in [1.82, 2.24) is 20.2 Å². The third-order valence-electron chi connectivity index (χ3n) is 3.45. The molecular formula is C16H12N4. The molecule has 0 atom stereocenters. The van der Waals surface area contributed by atoms with Crippen LogP contribution in [0.2, 0.25) is 0 Å². The minimum Gasteiger partial charge on any atom is -0.278 e. The van der Waals surface area contributed by atoms with Crippen LogP contribution in [0, 0.1) is 6.92 Å². The second-order valence-corrected chi connectivity index (χ2v) is 4.82. The van der Waals surface area contributed by atoms with Gasteiger partial charge in [0, 0.05) is 10.9 Å². The second kappa shape index (κ2) is 4.13. The summed E-state index contributed by atoms with van der Waals surface area (Å²) in [6, 6.07) is 14.2. The lowest BCUT2D eigenvalue weighted by Crippen LogP contribution is -1.94. The Kier molecular flexibility index (Phi) is 2.29. The first-order valence-electron chi connectivity index (χ1n) is 6.48. The van der Waals surface area contributed by atoms with Crippen molar-refractivity contribution in [3.63, 3.8) is 0 Å². The molecule has 0 unspecified atom stereocenters. The predicted octanol–water partition coefficient (Wildman–Crippen LogP) is 3.48. The Morgan fingerprint density at radius 1 is 0.950 bits per heavy atom. The van der Waals surface area contributed by atoms with Gasteiger partial charge in [0.05, 0.1) is 34.1 Å². The zero-order valence-electron chi connectivity index (χ0n) is 11.0. The molecule has 4 nitrogen and oxygen atoms in total. The Bertz CT molecular complexity index is 910. The summed E-state index contributed by atoms with van der Waals surface area (Å²) in [6.45, 7) is 1.99. The van der Waals surface area contributed by atoms with Crippen LogP contribution in [0.15, 0.2) is 48.7 Å². The molecule has 0 spiro atoms. The number of hydrogen-bond donors (Lipinski definition) is 1. The summed E-state index contributed by atoms with van der Waals surface area (Å²) in [4.78, 5) is 9.44. The van der Waals surface area contributed by atoms with Crippen LogP contribution in [-0.4, -0.2) is 20.2 Å². The standard InChI is InChI=1S/C16H12N4/c1-10-16(11-5-3-2-4-6-11)19-14-7-12-9-17-20-13(12)8-15(14)18-10/h2-9H,1H3,(H,17,20). The third kappa shape index (κ3) is 1.66. The predicted molar refractivity (Wildman–Crippen MR) is 79.4 cm³/mol. The zero-order valence-corrected chi connectivity index (χ0v) is 11.0. The van der Waals surface area contributed by atoms with Crippen molar-refractivity contribution in [1.29, 1.82) is 0 Å². The highest BCUT2D eigenvalue weighted by Gasteiger charge is 2.08. The molecule has 0 aliphatic carbocycles. The van der Waals surface area contributed by atoms with Crippen LogP contribution < -0.4 is 0 Å². The first kappa shape index (κ1) is 11.1. The first-order chi connectivity index (χ1) is 9.81. The number of rotatable bonds is 1. The topological polar surface area (TPSA) is 54.5 Å². The molecule has 0 fully saturated rings. The van der Waals surface area contributed by atoms with Crippen LogP contribution in [0.5, 0.6) is 0 Å². The smallest absolute Gasteiger partial charge is 0.0922 e. The van der Waals surface area contributed by atoms with E-state index in [1.165, 1.54) is 0 Å². The van der Waals surface area contributed by atoms with E-state index in [1.54, 1.807) is 6.20 Å². The Balaban J connectivity index is 2.03. The van der Waals surface area contributed by atoms with E-state index in [0.29, 0.717) is 0 Å². The highest BCUT2D eigenvalue weighted by atomic mass is 15.1. The molecule has 0 aliphatic rings. The molecule has 0 saturated heterocycles. The van der Waals surface area contributed by atoms with Gasteiger partial charge in [-0.25, -0.2) is 9.97 Å². The summed E-state index contributed by atoms with van der Waals surface area (Å²) in [6.07, 6.45) is 1.80. The molecule has 96 valence electrons. The van der Waals surface area contributed by atoms with Gasteiger partial charge in [-0.05, 0) is 19.1 Å². The van der Waals surface area contributed by atoms with E-state index in [4.69, 9.17) is 4.98 Å². The van der Waals surface area contributed by atoms with Crippen LogP contribution in [-0.2, 0) is 0 Å². The minimum atomic E-state index is 0.888. The molecular weight excluding hydrogens is 248 g/mol. The second-order valence-electron chi connectivity index (χ2n) is 4.82. The van der Waals surface area contributed by atoms with Crippen molar-refractivity contribution in [3.05, 3.63) is 54.4 Å². The molecule has 4 heteroatoms. The fourth-order valence-electron chi connectivity index (χ4n) is 2.45. The Morgan fingerprint density at radius 3 is 2.60 bits per heavy atom. The van der Waals surface area contributed by atoms with Gasteiger partial charge in [0.15, 0.2) is 0 Å². The summed E-state index contributed by atoms with van der Waals surface area (Å²) in [5.41, 5.74) is 5.72. The largest absolute Gasteiger partial charge is 0.278 e. The quantitative estimate of drug-likeness (QED) is 0.570. The van der Waals surface area contributed by atoms with Crippen molar-refractivity contribution in [2.45, 2.75) is 6.92 Å². The molecule has 0 amide bonds. The monoisotopic (exact) mass is 260 g/mol. The number of aromatic amines is 1. The number of H-pyrrole nitrogens is 1. The molecule has 1 N–H and O–H groups in total. The van der Waals surface area contributed by atoms with Crippen LogP contribution >= 0.6 is 0 Å². The molecule has 20 heavy (non-hydrogen) atoms. The number of benzene rings is 2. The van der Waals surface area contributed by atoms with Gasteiger partial charge in [0.25, 0.3) is 0 Å². The van der Waals surface area contributed by atoms with E-state index in [0.717, 1.165) is 38.9 Å². The summed E-state index contributed by atoms with van der Waals surface area (Å²) in [7, 11) is 0. The fraction of sp³-hybridized carbons (Fsp3) is 0.0625. The molecule has 0 bridgehead atoms. The van der Waals surface area contributed by atoms with Crippen molar-refractivity contribution in [3.8, 4) is 11.3 Å². The minimum absolute atomic E-state index is 0.888. The van der Waals surface area contributed by atoms with Crippen molar-refractivity contribution in [2.24, 2.45) is 0 Å². The van der Waals surface area contributed by atoms with Gasteiger partial charge >= 0.3 is 0 Å². The van der Waals surface area contributed by atoms with Gasteiger partial charge in [-0.2, -0.15) is 5.10 Å². The van der Waals surface area contributed by atoms with Crippen LogP contribution in [0.4, 0.5) is 0 Å². The maximum absolute atomic E-state index is 4.77. The maximum Gasteiger partial charge on any atom is 0.0922 e. The SMILES string of the molecule is Cc1nc2cc3[nH]ncc3cc2nc1-c1ccccc1. The summed E-state index contributed by atoms with van der Waals surface area (Å²) in [5.74, 6) is 0. The zero-order chi connectivity index (χ0) is 13.5. The van der Waals surface area contributed by atoms with Gasteiger partial charge in [-0.15, -0.1) is 0 Å². The molecule has 4 rings (SSSR count). The van der Waals surface area contributed by atoms with E-state index in [9.17, 15) is 0 Å². The number of nitrogens with one attached hydrogen (secondary N) is 1. The summed E-state index contributed by atoms with van der Waals surface area (Å²) < 4.78 is 0. The summed E-state index contributed by atoms with van der Waals surface area (Å²) >= 11 is 0. The molecule has 2 aromatic heterocycles. The highest BCUT2D eigenvalue weighted by molar-refractivity contribution is 5.93. The van der Waals surface area contributed by atoms with Crippen LogP contribution in [0.25, 0.3) is 33.2 Å². The lowest BCUT2D eigenvalue weighted by molar-refractivity contribution is 1.12. The average Bonchev–Trinajstić information content (AvgIpc) is 2.92. The molecule has 0 radical (unpaired) electrons. The maximum atomic E-state index is 4.77. The van der Waals surface area contributed by atoms with Crippen molar-refractivity contribution in [2.75, 3.05) is 0 Å². The highest BCUT2D eigenvalue weighted by Crippen LogP contribution is 2.24. The number of aromatic nitrogens is 4. The van der Waals surface area contributed by atoms with Gasteiger partial charge < -0.3 is 0 Å².